The Bertz CT molecular complexity index is 540. The van der Waals surface area contributed by atoms with Crippen LogP contribution in [0, 0.1) is 0 Å². The number of halogens is 1. The first kappa shape index (κ1) is 14.9. The number of aliphatic hydroxyl groups excluding tert-OH is 1. The fourth-order valence-electron chi connectivity index (χ4n) is 2.43. The second kappa shape index (κ2) is 5.47. The number of nitrogens with zero attached hydrogens (tertiary/aromatic N) is 4. The Morgan fingerprint density at radius 3 is 2.58 bits per heavy atom. The van der Waals surface area contributed by atoms with E-state index in [1.807, 2.05) is 0 Å². The van der Waals surface area contributed by atoms with Gasteiger partial charge in [-0.25, -0.2) is 13.1 Å². The van der Waals surface area contributed by atoms with Crippen molar-refractivity contribution in [1.29, 1.82) is 0 Å². The summed E-state index contributed by atoms with van der Waals surface area (Å²) in [5.41, 5.74) is 0. The molecule has 0 spiro atoms. The van der Waals surface area contributed by atoms with Gasteiger partial charge in [-0.2, -0.15) is 4.31 Å². The van der Waals surface area contributed by atoms with Gasteiger partial charge in [0, 0.05) is 14.1 Å². The van der Waals surface area contributed by atoms with Gasteiger partial charge in [0.05, 0.1) is 12.1 Å². The van der Waals surface area contributed by atoms with E-state index in [2.05, 4.69) is 26.2 Å². The SMILES string of the molecule is CN(C1CCCCC1O)S(=O)(=O)c1c(Br)nnn1C. The summed E-state index contributed by atoms with van der Waals surface area (Å²) >= 11 is 3.10. The van der Waals surface area contributed by atoms with E-state index in [9.17, 15) is 13.5 Å². The Balaban J connectivity index is 2.34. The van der Waals surface area contributed by atoms with Crippen molar-refractivity contribution in [3.8, 4) is 0 Å². The lowest BCUT2D eigenvalue weighted by Gasteiger charge is -2.34. The van der Waals surface area contributed by atoms with Gasteiger partial charge in [0.15, 0.2) is 4.60 Å². The number of sulfonamides is 1. The summed E-state index contributed by atoms with van der Waals surface area (Å²) in [4.78, 5) is 0. The van der Waals surface area contributed by atoms with E-state index in [0.717, 1.165) is 12.8 Å². The fraction of sp³-hybridized carbons (Fsp3) is 0.800. The van der Waals surface area contributed by atoms with Crippen molar-refractivity contribution < 1.29 is 13.5 Å². The summed E-state index contributed by atoms with van der Waals surface area (Å²) in [6, 6.07) is -0.388. The van der Waals surface area contributed by atoms with E-state index in [-0.39, 0.29) is 15.7 Å². The molecule has 2 unspecified atom stereocenters. The molecule has 0 radical (unpaired) electrons. The zero-order valence-corrected chi connectivity index (χ0v) is 13.2. The molecule has 0 aromatic carbocycles. The highest BCUT2D eigenvalue weighted by Crippen LogP contribution is 2.28. The molecule has 0 bridgehead atoms. The maximum Gasteiger partial charge on any atom is 0.263 e. The van der Waals surface area contributed by atoms with Crippen LogP contribution in [0.3, 0.4) is 0 Å². The first-order valence-electron chi connectivity index (χ1n) is 6.07. The van der Waals surface area contributed by atoms with E-state index in [4.69, 9.17) is 0 Å². The second-order valence-electron chi connectivity index (χ2n) is 4.75. The third kappa shape index (κ3) is 2.69. The van der Waals surface area contributed by atoms with Crippen molar-refractivity contribution in [3.05, 3.63) is 4.60 Å². The molecule has 1 aromatic heterocycles. The summed E-state index contributed by atoms with van der Waals surface area (Å²) in [6.45, 7) is 0. The Labute approximate surface area is 120 Å². The van der Waals surface area contributed by atoms with Crippen molar-refractivity contribution >= 4 is 26.0 Å². The van der Waals surface area contributed by atoms with Gasteiger partial charge < -0.3 is 5.11 Å². The number of aryl methyl sites for hydroxylation is 1. The lowest BCUT2D eigenvalue weighted by Crippen LogP contribution is -2.46. The summed E-state index contributed by atoms with van der Waals surface area (Å²) in [7, 11) is -0.707. The van der Waals surface area contributed by atoms with Crippen molar-refractivity contribution in [3.63, 3.8) is 0 Å². The molecule has 9 heteroatoms. The number of aromatic nitrogens is 3. The summed E-state index contributed by atoms with van der Waals surface area (Å²) in [6.07, 6.45) is 2.54. The van der Waals surface area contributed by atoms with E-state index in [1.54, 1.807) is 0 Å². The smallest absolute Gasteiger partial charge is 0.263 e. The van der Waals surface area contributed by atoms with Crippen LogP contribution in [-0.2, 0) is 17.1 Å². The van der Waals surface area contributed by atoms with Gasteiger partial charge in [0.2, 0.25) is 5.03 Å². The van der Waals surface area contributed by atoms with Crippen molar-refractivity contribution in [2.45, 2.75) is 42.9 Å². The van der Waals surface area contributed by atoms with Crippen LogP contribution in [0.1, 0.15) is 25.7 Å². The number of hydrogen-bond donors (Lipinski definition) is 1. The largest absolute Gasteiger partial charge is 0.391 e. The van der Waals surface area contributed by atoms with Gasteiger partial charge in [0.1, 0.15) is 0 Å². The van der Waals surface area contributed by atoms with Crippen molar-refractivity contribution in [2.75, 3.05) is 7.05 Å². The van der Waals surface area contributed by atoms with E-state index in [0.29, 0.717) is 12.8 Å². The van der Waals surface area contributed by atoms with E-state index < -0.39 is 16.1 Å². The zero-order valence-electron chi connectivity index (χ0n) is 10.8. The minimum atomic E-state index is -3.73. The minimum absolute atomic E-state index is 0.00720. The third-order valence-electron chi connectivity index (χ3n) is 3.52. The monoisotopic (exact) mass is 352 g/mol. The molecule has 2 rings (SSSR count). The number of hydrogen-bond acceptors (Lipinski definition) is 5. The molecule has 1 aliphatic rings. The molecule has 0 aliphatic heterocycles. The van der Waals surface area contributed by atoms with Crippen molar-refractivity contribution in [2.24, 2.45) is 7.05 Å². The number of likely N-dealkylation sites (N-methyl/N-ethyl adjacent to an activating group) is 1. The minimum Gasteiger partial charge on any atom is -0.391 e. The molecule has 2 atom stereocenters. The van der Waals surface area contributed by atoms with Gasteiger partial charge >= 0.3 is 0 Å². The predicted molar refractivity (Wildman–Crippen MR) is 71.9 cm³/mol. The molecule has 108 valence electrons. The summed E-state index contributed by atoms with van der Waals surface area (Å²) < 4.78 is 27.8. The van der Waals surface area contributed by atoms with Crippen LogP contribution in [-0.4, -0.2) is 52.0 Å². The predicted octanol–water partition coefficient (Wildman–Crippen LogP) is 0.502. The van der Waals surface area contributed by atoms with Gasteiger partial charge in [0.25, 0.3) is 10.0 Å². The average Bonchev–Trinajstić information content (AvgIpc) is 2.69. The molecule has 0 amide bonds. The molecule has 1 aromatic rings. The summed E-state index contributed by atoms with van der Waals surface area (Å²) in [5, 5.41) is 17.4. The number of aliphatic hydroxyl groups is 1. The fourth-order valence-corrected chi connectivity index (χ4v) is 4.87. The second-order valence-corrected chi connectivity index (χ2v) is 7.41. The van der Waals surface area contributed by atoms with Crippen LogP contribution in [0.25, 0.3) is 0 Å². The van der Waals surface area contributed by atoms with Crippen molar-refractivity contribution in [1.82, 2.24) is 19.3 Å². The first-order valence-corrected chi connectivity index (χ1v) is 8.30. The Hall–Kier alpha value is -0.510. The Morgan fingerprint density at radius 1 is 1.42 bits per heavy atom. The molecule has 7 nitrogen and oxygen atoms in total. The lowest BCUT2D eigenvalue weighted by atomic mass is 9.93. The standard InChI is InChI=1S/C10H17BrN4O3S/c1-14-10(9(11)12-13-14)19(17,18)15(2)7-5-3-4-6-8(7)16/h7-8,16H,3-6H2,1-2H3. The molecule has 19 heavy (non-hydrogen) atoms. The Morgan fingerprint density at radius 2 is 2.05 bits per heavy atom. The first-order chi connectivity index (χ1) is 8.85. The highest BCUT2D eigenvalue weighted by molar-refractivity contribution is 9.10. The highest BCUT2D eigenvalue weighted by atomic mass is 79.9. The maximum atomic E-state index is 12.6. The van der Waals surface area contributed by atoms with Gasteiger partial charge in [-0.15, -0.1) is 5.10 Å². The molecule has 1 N–H and O–H groups in total. The van der Waals surface area contributed by atoms with Crippen LogP contribution in [0.5, 0.6) is 0 Å². The van der Waals surface area contributed by atoms with Crippen LogP contribution in [0.4, 0.5) is 0 Å². The van der Waals surface area contributed by atoms with Crippen LogP contribution < -0.4 is 0 Å². The lowest BCUT2D eigenvalue weighted by molar-refractivity contribution is 0.0636. The normalized spacial score (nSPS) is 24.9. The summed E-state index contributed by atoms with van der Waals surface area (Å²) in [5.74, 6) is 0. The molecule has 0 saturated heterocycles. The van der Waals surface area contributed by atoms with Crippen LogP contribution in [0.15, 0.2) is 9.63 Å². The molecule has 1 saturated carbocycles. The molecular weight excluding hydrogens is 336 g/mol. The van der Waals surface area contributed by atoms with Gasteiger partial charge in [-0.05, 0) is 28.8 Å². The van der Waals surface area contributed by atoms with Gasteiger partial charge in [-0.3, -0.25) is 0 Å². The van der Waals surface area contributed by atoms with E-state index >= 15 is 0 Å². The maximum absolute atomic E-state index is 12.6. The quantitative estimate of drug-likeness (QED) is 0.855. The number of rotatable bonds is 3. The van der Waals surface area contributed by atoms with E-state index in [1.165, 1.54) is 23.1 Å². The molecule has 1 aliphatic carbocycles. The topological polar surface area (TPSA) is 88.3 Å². The average molecular weight is 353 g/mol. The van der Waals surface area contributed by atoms with Gasteiger partial charge in [-0.1, -0.05) is 18.1 Å². The zero-order chi connectivity index (χ0) is 14.2. The highest BCUT2D eigenvalue weighted by Gasteiger charge is 2.37. The molecule has 1 fully saturated rings. The Kier molecular flexibility index (Phi) is 4.29. The third-order valence-corrected chi connectivity index (χ3v) is 6.29. The molecular formula is C10H17BrN4O3S. The van der Waals surface area contributed by atoms with Crippen LogP contribution in [0.2, 0.25) is 0 Å². The van der Waals surface area contributed by atoms with Crippen LogP contribution >= 0.6 is 15.9 Å². The molecule has 1 heterocycles.